The zero-order chi connectivity index (χ0) is 23.2. The Balaban J connectivity index is 1.36. The van der Waals surface area contributed by atoms with Crippen molar-refractivity contribution in [3.05, 3.63) is 35.5 Å². The van der Waals surface area contributed by atoms with Crippen LogP contribution in [0.25, 0.3) is 10.9 Å². The predicted octanol–water partition coefficient (Wildman–Crippen LogP) is 4.69. The summed E-state index contributed by atoms with van der Waals surface area (Å²) in [7, 11) is 0. The maximum absolute atomic E-state index is 12.7. The molecule has 7 heteroatoms. The van der Waals surface area contributed by atoms with Gasteiger partial charge in [0.05, 0.1) is 17.8 Å². The Hall–Kier alpha value is -2.83. The second kappa shape index (κ2) is 10.9. The standard InChI is InChI=1S/C26H35N3O4/c1-3-4-17-32-24-19(2)23(27-22-12-8-7-11-21(22)24)18-33-26(31)29-15-13-28(14-16-29)25(30)20-9-5-6-10-20/h7-8,11-12,20H,3-6,9-10,13-18H2,1-2H3. The van der Waals surface area contributed by atoms with Gasteiger partial charge in [-0.2, -0.15) is 0 Å². The second-order valence-corrected chi connectivity index (χ2v) is 9.08. The molecule has 0 bridgehead atoms. The van der Waals surface area contributed by atoms with E-state index in [9.17, 15) is 9.59 Å². The van der Waals surface area contributed by atoms with Gasteiger partial charge in [0.2, 0.25) is 5.91 Å². The summed E-state index contributed by atoms with van der Waals surface area (Å²) in [5.74, 6) is 1.26. The lowest BCUT2D eigenvalue weighted by atomic mass is 10.1. The van der Waals surface area contributed by atoms with E-state index in [4.69, 9.17) is 14.5 Å². The van der Waals surface area contributed by atoms with Crippen LogP contribution in [0.3, 0.4) is 0 Å². The first-order valence-electron chi connectivity index (χ1n) is 12.3. The van der Waals surface area contributed by atoms with Crippen molar-refractivity contribution in [1.29, 1.82) is 0 Å². The van der Waals surface area contributed by atoms with Crippen LogP contribution >= 0.6 is 0 Å². The van der Waals surface area contributed by atoms with E-state index in [0.29, 0.717) is 38.5 Å². The van der Waals surface area contributed by atoms with Gasteiger partial charge in [0, 0.05) is 43.0 Å². The summed E-state index contributed by atoms with van der Waals surface area (Å²) in [6.07, 6.45) is 5.99. The third kappa shape index (κ3) is 5.40. The number of benzene rings is 1. The fourth-order valence-electron chi connectivity index (χ4n) is 4.73. The lowest BCUT2D eigenvalue weighted by Gasteiger charge is -2.35. The number of nitrogens with zero attached hydrogens (tertiary/aromatic N) is 3. The molecule has 178 valence electrons. The number of aromatic nitrogens is 1. The topological polar surface area (TPSA) is 72.0 Å². The van der Waals surface area contributed by atoms with E-state index in [1.807, 2.05) is 36.1 Å². The van der Waals surface area contributed by atoms with Crippen LogP contribution in [0.15, 0.2) is 24.3 Å². The lowest BCUT2D eigenvalue weighted by molar-refractivity contribution is -0.136. The van der Waals surface area contributed by atoms with Crippen molar-refractivity contribution in [2.45, 2.75) is 59.0 Å². The van der Waals surface area contributed by atoms with Crippen LogP contribution < -0.4 is 4.74 Å². The first-order valence-corrected chi connectivity index (χ1v) is 12.3. The number of rotatable bonds is 7. The van der Waals surface area contributed by atoms with Crippen LogP contribution in [0, 0.1) is 12.8 Å². The molecule has 1 aliphatic carbocycles. The molecule has 1 aromatic carbocycles. The predicted molar refractivity (Wildman–Crippen MR) is 127 cm³/mol. The first kappa shape index (κ1) is 23.3. The monoisotopic (exact) mass is 453 g/mol. The smallest absolute Gasteiger partial charge is 0.410 e. The largest absolute Gasteiger partial charge is 0.493 e. The van der Waals surface area contributed by atoms with Crippen LogP contribution in [0.4, 0.5) is 4.79 Å². The number of carbonyl (C=O) groups is 2. The summed E-state index contributed by atoms with van der Waals surface area (Å²) >= 11 is 0. The average Bonchev–Trinajstić information content (AvgIpc) is 3.39. The Labute approximate surface area is 196 Å². The lowest BCUT2D eigenvalue weighted by Crippen LogP contribution is -2.51. The normalized spacial score (nSPS) is 16.9. The third-order valence-electron chi connectivity index (χ3n) is 6.81. The second-order valence-electron chi connectivity index (χ2n) is 9.08. The summed E-state index contributed by atoms with van der Waals surface area (Å²) in [5, 5.41) is 0.976. The molecular formula is C26H35N3O4. The molecule has 1 aromatic heterocycles. The van der Waals surface area contributed by atoms with Crippen LogP contribution in [0.1, 0.15) is 56.7 Å². The fraction of sp³-hybridized carbons (Fsp3) is 0.577. The molecule has 2 aromatic rings. The van der Waals surface area contributed by atoms with Crippen molar-refractivity contribution in [2.24, 2.45) is 5.92 Å². The maximum atomic E-state index is 12.7. The third-order valence-corrected chi connectivity index (χ3v) is 6.81. The van der Waals surface area contributed by atoms with Gasteiger partial charge in [-0.25, -0.2) is 9.78 Å². The molecule has 0 spiro atoms. The molecule has 33 heavy (non-hydrogen) atoms. The number of unbranched alkanes of at least 4 members (excludes halogenated alkanes) is 1. The molecule has 4 rings (SSSR count). The number of carbonyl (C=O) groups excluding carboxylic acids is 2. The van der Waals surface area contributed by atoms with Gasteiger partial charge in [-0.05, 0) is 38.3 Å². The van der Waals surface area contributed by atoms with E-state index in [2.05, 4.69) is 6.92 Å². The van der Waals surface area contributed by atoms with E-state index >= 15 is 0 Å². The molecule has 2 fully saturated rings. The van der Waals surface area contributed by atoms with Gasteiger partial charge >= 0.3 is 6.09 Å². The minimum Gasteiger partial charge on any atom is -0.493 e. The van der Waals surface area contributed by atoms with Gasteiger partial charge in [0.15, 0.2) is 0 Å². The zero-order valence-corrected chi connectivity index (χ0v) is 19.8. The molecule has 1 aliphatic heterocycles. The number of ether oxygens (including phenoxy) is 2. The molecule has 2 heterocycles. The average molecular weight is 454 g/mol. The highest BCUT2D eigenvalue weighted by Gasteiger charge is 2.31. The van der Waals surface area contributed by atoms with Gasteiger partial charge in [-0.3, -0.25) is 4.79 Å². The van der Waals surface area contributed by atoms with E-state index in [0.717, 1.165) is 60.7 Å². The van der Waals surface area contributed by atoms with Crippen LogP contribution in [0.5, 0.6) is 5.75 Å². The summed E-state index contributed by atoms with van der Waals surface area (Å²) in [4.78, 5) is 33.7. The summed E-state index contributed by atoms with van der Waals surface area (Å²) in [6, 6.07) is 7.89. The van der Waals surface area contributed by atoms with E-state index in [-0.39, 0.29) is 24.5 Å². The van der Waals surface area contributed by atoms with Gasteiger partial charge < -0.3 is 19.3 Å². The highest BCUT2D eigenvalue weighted by Crippen LogP contribution is 2.31. The fourth-order valence-corrected chi connectivity index (χ4v) is 4.73. The number of piperazine rings is 1. The molecule has 0 N–H and O–H groups in total. The Bertz CT molecular complexity index is 979. The van der Waals surface area contributed by atoms with Crippen molar-refractivity contribution in [3.63, 3.8) is 0 Å². The van der Waals surface area contributed by atoms with Crippen molar-refractivity contribution in [2.75, 3.05) is 32.8 Å². The van der Waals surface area contributed by atoms with Gasteiger partial charge in [0.25, 0.3) is 0 Å². The minimum atomic E-state index is -0.356. The van der Waals surface area contributed by atoms with E-state index in [1.54, 1.807) is 4.90 Å². The molecule has 0 radical (unpaired) electrons. The molecule has 0 unspecified atom stereocenters. The van der Waals surface area contributed by atoms with Crippen molar-refractivity contribution in [3.8, 4) is 5.75 Å². The summed E-state index contributed by atoms with van der Waals surface area (Å²) < 4.78 is 11.7. The Kier molecular flexibility index (Phi) is 7.68. The highest BCUT2D eigenvalue weighted by atomic mass is 16.6. The Morgan fingerprint density at radius 1 is 1.06 bits per heavy atom. The Morgan fingerprint density at radius 3 is 2.48 bits per heavy atom. The summed E-state index contributed by atoms with van der Waals surface area (Å²) in [5.41, 5.74) is 2.45. The van der Waals surface area contributed by atoms with Crippen LogP contribution in [-0.4, -0.2) is 59.6 Å². The summed E-state index contributed by atoms with van der Waals surface area (Å²) in [6.45, 7) is 7.02. The number of para-hydroxylation sites is 1. The zero-order valence-electron chi connectivity index (χ0n) is 19.8. The maximum Gasteiger partial charge on any atom is 0.410 e. The number of hydrogen-bond donors (Lipinski definition) is 0. The van der Waals surface area contributed by atoms with Crippen LogP contribution in [0.2, 0.25) is 0 Å². The van der Waals surface area contributed by atoms with Crippen LogP contribution in [-0.2, 0) is 16.1 Å². The Morgan fingerprint density at radius 2 is 1.76 bits per heavy atom. The number of hydrogen-bond acceptors (Lipinski definition) is 5. The SMILES string of the molecule is CCCCOc1c(C)c(COC(=O)N2CCN(C(=O)C3CCCC3)CC2)nc2ccccc12. The number of fused-ring (bicyclic) bond motifs is 1. The van der Waals surface area contributed by atoms with Crippen molar-refractivity contribution < 1.29 is 19.1 Å². The van der Waals surface area contributed by atoms with Gasteiger partial charge in [-0.15, -0.1) is 0 Å². The van der Waals surface area contributed by atoms with Crippen molar-refractivity contribution in [1.82, 2.24) is 14.8 Å². The quantitative estimate of drug-likeness (QED) is 0.569. The van der Waals surface area contributed by atoms with E-state index in [1.165, 1.54) is 0 Å². The molecule has 7 nitrogen and oxygen atoms in total. The molecular weight excluding hydrogens is 418 g/mol. The van der Waals surface area contributed by atoms with Gasteiger partial charge in [0.1, 0.15) is 12.4 Å². The molecule has 2 aliphatic rings. The van der Waals surface area contributed by atoms with Crippen molar-refractivity contribution >= 4 is 22.9 Å². The first-order chi connectivity index (χ1) is 16.1. The molecule has 2 amide bonds. The van der Waals surface area contributed by atoms with E-state index < -0.39 is 0 Å². The molecule has 1 saturated heterocycles. The minimum absolute atomic E-state index is 0.0981. The van der Waals surface area contributed by atoms with Gasteiger partial charge in [-0.1, -0.05) is 38.3 Å². The molecule has 0 atom stereocenters. The highest BCUT2D eigenvalue weighted by molar-refractivity contribution is 5.86. The number of pyridine rings is 1. The number of amides is 2. The molecule has 1 saturated carbocycles.